The van der Waals surface area contributed by atoms with Crippen molar-refractivity contribution in [1.82, 2.24) is 14.9 Å². The molecular weight excluding hydrogens is 398 g/mol. The van der Waals surface area contributed by atoms with Crippen LogP contribution in [0.3, 0.4) is 0 Å². The fraction of sp³-hybridized carbons (Fsp3) is 0.130. The molecule has 0 aliphatic heterocycles. The Kier molecular flexibility index (Phi) is 5.74. The zero-order valence-corrected chi connectivity index (χ0v) is 17.3. The Hall–Kier alpha value is -3.29. The highest BCUT2D eigenvalue weighted by Crippen LogP contribution is 2.34. The molecule has 0 unspecified atom stereocenters. The molecule has 4 aromatic rings. The first-order valence-corrected chi connectivity index (χ1v) is 11.0. The van der Waals surface area contributed by atoms with Crippen LogP contribution in [0.4, 0.5) is 0 Å². The van der Waals surface area contributed by atoms with Crippen LogP contribution in [-0.2, 0) is 16.4 Å². The van der Waals surface area contributed by atoms with Crippen LogP contribution in [0.15, 0.2) is 88.4 Å². The van der Waals surface area contributed by atoms with E-state index in [0.29, 0.717) is 12.2 Å². The lowest BCUT2D eigenvalue weighted by Gasteiger charge is -2.08. The molecular formula is C23H21N3O3S. The Bertz CT molecular complexity index is 1220. The third kappa shape index (κ3) is 4.32. The van der Waals surface area contributed by atoms with Crippen LogP contribution in [0.1, 0.15) is 11.5 Å². The van der Waals surface area contributed by atoms with Gasteiger partial charge in [-0.15, -0.1) is 0 Å². The number of hydrogen-bond donors (Lipinski definition) is 1. The number of benzene rings is 2. The highest BCUT2D eigenvalue weighted by atomic mass is 32.2. The largest absolute Gasteiger partial charge is 0.360 e. The summed E-state index contributed by atoms with van der Waals surface area (Å²) in [7, 11) is -3.61. The van der Waals surface area contributed by atoms with Gasteiger partial charge >= 0.3 is 0 Å². The second kappa shape index (κ2) is 8.61. The first-order chi connectivity index (χ1) is 14.5. The van der Waals surface area contributed by atoms with Crippen molar-refractivity contribution >= 4 is 10.0 Å². The fourth-order valence-electron chi connectivity index (χ4n) is 3.25. The van der Waals surface area contributed by atoms with E-state index in [1.54, 1.807) is 30.5 Å². The normalized spacial score (nSPS) is 11.5. The number of aryl methyl sites for hydroxylation is 1. The molecule has 2 heterocycles. The molecule has 1 N–H and O–H groups in total. The minimum absolute atomic E-state index is 0.211. The highest BCUT2D eigenvalue weighted by Gasteiger charge is 2.18. The third-order valence-corrected chi connectivity index (χ3v) is 6.24. The van der Waals surface area contributed by atoms with Crippen LogP contribution >= 0.6 is 0 Å². The Balaban J connectivity index is 1.53. The maximum atomic E-state index is 12.6. The molecule has 30 heavy (non-hydrogen) atoms. The SMILES string of the molecule is Cc1onc(-c2ccccc2)c1-c1ccc(S(=O)(=O)NCCc2ccccn2)cc1. The first kappa shape index (κ1) is 20.0. The monoisotopic (exact) mass is 419 g/mol. The van der Waals surface area contributed by atoms with Crippen molar-refractivity contribution in [1.29, 1.82) is 0 Å². The molecule has 7 heteroatoms. The van der Waals surface area contributed by atoms with Crippen LogP contribution in [0.2, 0.25) is 0 Å². The van der Waals surface area contributed by atoms with Crippen LogP contribution in [0.25, 0.3) is 22.4 Å². The Morgan fingerprint density at radius 2 is 1.63 bits per heavy atom. The zero-order valence-electron chi connectivity index (χ0n) is 16.4. The molecule has 4 rings (SSSR count). The van der Waals surface area contributed by atoms with E-state index in [1.165, 1.54) is 0 Å². The van der Waals surface area contributed by atoms with Gasteiger partial charge in [-0.1, -0.05) is 53.7 Å². The summed E-state index contributed by atoms with van der Waals surface area (Å²) < 4.78 is 33.3. The molecule has 0 spiro atoms. The van der Waals surface area contributed by atoms with Crippen molar-refractivity contribution in [2.45, 2.75) is 18.2 Å². The molecule has 2 aromatic heterocycles. The lowest BCUT2D eigenvalue weighted by atomic mass is 10.00. The van der Waals surface area contributed by atoms with Gasteiger partial charge in [0.2, 0.25) is 10.0 Å². The van der Waals surface area contributed by atoms with Gasteiger partial charge in [0.25, 0.3) is 0 Å². The van der Waals surface area contributed by atoms with Gasteiger partial charge in [-0.2, -0.15) is 0 Å². The van der Waals surface area contributed by atoms with E-state index in [1.807, 2.05) is 55.5 Å². The predicted octanol–water partition coefficient (Wildman–Crippen LogP) is 4.23. The minimum Gasteiger partial charge on any atom is -0.360 e. The molecule has 0 aliphatic rings. The third-order valence-electron chi connectivity index (χ3n) is 4.76. The Morgan fingerprint density at radius 3 is 2.33 bits per heavy atom. The zero-order chi connectivity index (χ0) is 21.0. The summed E-state index contributed by atoms with van der Waals surface area (Å²) in [5.74, 6) is 0.679. The van der Waals surface area contributed by atoms with Crippen LogP contribution < -0.4 is 4.72 Å². The van der Waals surface area contributed by atoms with Crippen LogP contribution in [0, 0.1) is 6.92 Å². The lowest BCUT2D eigenvalue weighted by molar-refractivity contribution is 0.400. The second-order valence-electron chi connectivity index (χ2n) is 6.82. The standard InChI is InChI=1S/C23H21N3O3S/c1-17-22(23(26-29-17)19-7-3-2-4-8-19)18-10-12-21(13-11-18)30(27,28)25-16-14-20-9-5-6-15-24-20/h2-13,15,25H,14,16H2,1H3. The van der Waals surface area contributed by atoms with Gasteiger partial charge in [0.1, 0.15) is 11.5 Å². The van der Waals surface area contributed by atoms with E-state index in [2.05, 4.69) is 14.9 Å². The summed E-state index contributed by atoms with van der Waals surface area (Å²) in [5.41, 5.74) is 4.22. The summed E-state index contributed by atoms with van der Waals surface area (Å²) >= 11 is 0. The highest BCUT2D eigenvalue weighted by molar-refractivity contribution is 7.89. The molecule has 0 amide bonds. The summed E-state index contributed by atoms with van der Waals surface area (Å²) in [6, 6.07) is 22.1. The minimum atomic E-state index is -3.61. The molecule has 0 aliphatic carbocycles. The van der Waals surface area contributed by atoms with Crippen LogP contribution in [-0.4, -0.2) is 25.1 Å². The van der Waals surface area contributed by atoms with Crippen molar-refractivity contribution in [3.63, 3.8) is 0 Å². The van der Waals surface area contributed by atoms with E-state index in [9.17, 15) is 8.42 Å². The fourth-order valence-corrected chi connectivity index (χ4v) is 4.28. The average molecular weight is 420 g/mol. The van der Waals surface area contributed by atoms with Gasteiger partial charge in [0, 0.05) is 30.4 Å². The second-order valence-corrected chi connectivity index (χ2v) is 8.59. The van der Waals surface area contributed by atoms with E-state index in [0.717, 1.165) is 28.1 Å². The van der Waals surface area contributed by atoms with E-state index in [-0.39, 0.29) is 11.4 Å². The van der Waals surface area contributed by atoms with Crippen molar-refractivity contribution in [2.24, 2.45) is 0 Å². The summed E-state index contributed by atoms with van der Waals surface area (Å²) in [5, 5.41) is 4.19. The quantitative estimate of drug-likeness (QED) is 0.484. The van der Waals surface area contributed by atoms with Gasteiger partial charge < -0.3 is 4.52 Å². The molecule has 0 saturated carbocycles. The van der Waals surface area contributed by atoms with Gasteiger partial charge in [0.15, 0.2) is 0 Å². The number of nitrogens with zero attached hydrogens (tertiary/aromatic N) is 2. The number of nitrogens with one attached hydrogen (secondary N) is 1. The number of pyridine rings is 1. The summed E-state index contributed by atoms with van der Waals surface area (Å²) in [6.07, 6.45) is 2.22. The number of hydrogen-bond acceptors (Lipinski definition) is 5. The molecule has 2 aromatic carbocycles. The maximum absolute atomic E-state index is 12.6. The summed E-state index contributed by atoms with van der Waals surface area (Å²) in [4.78, 5) is 4.41. The number of aromatic nitrogens is 2. The van der Waals surface area contributed by atoms with E-state index >= 15 is 0 Å². The topological polar surface area (TPSA) is 85.1 Å². The van der Waals surface area contributed by atoms with Crippen molar-refractivity contribution in [3.8, 4) is 22.4 Å². The van der Waals surface area contributed by atoms with E-state index < -0.39 is 10.0 Å². The predicted molar refractivity (Wildman–Crippen MR) is 115 cm³/mol. The molecule has 0 saturated heterocycles. The lowest BCUT2D eigenvalue weighted by Crippen LogP contribution is -2.26. The molecule has 6 nitrogen and oxygen atoms in total. The van der Waals surface area contributed by atoms with E-state index in [4.69, 9.17) is 4.52 Å². The summed E-state index contributed by atoms with van der Waals surface area (Å²) in [6.45, 7) is 2.13. The molecule has 152 valence electrons. The smallest absolute Gasteiger partial charge is 0.240 e. The molecule has 0 atom stereocenters. The molecule has 0 radical (unpaired) electrons. The number of sulfonamides is 1. The first-order valence-electron chi connectivity index (χ1n) is 9.56. The number of rotatable bonds is 7. The average Bonchev–Trinajstić information content (AvgIpc) is 3.16. The Labute approximate surface area is 175 Å². The maximum Gasteiger partial charge on any atom is 0.240 e. The van der Waals surface area contributed by atoms with Crippen molar-refractivity contribution in [3.05, 3.63) is 90.4 Å². The van der Waals surface area contributed by atoms with Gasteiger partial charge in [-0.05, 0) is 36.8 Å². The Morgan fingerprint density at radius 1 is 0.900 bits per heavy atom. The van der Waals surface area contributed by atoms with Gasteiger partial charge in [-0.25, -0.2) is 13.1 Å². The molecule has 0 bridgehead atoms. The van der Waals surface area contributed by atoms with Crippen LogP contribution in [0.5, 0.6) is 0 Å². The van der Waals surface area contributed by atoms with Crippen molar-refractivity contribution in [2.75, 3.05) is 6.54 Å². The van der Waals surface area contributed by atoms with Gasteiger partial charge in [-0.3, -0.25) is 4.98 Å². The molecule has 0 fully saturated rings. The van der Waals surface area contributed by atoms with Crippen molar-refractivity contribution < 1.29 is 12.9 Å². The van der Waals surface area contributed by atoms with Gasteiger partial charge in [0.05, 0.1) is 10.5 Å².